The Bertz CT molecular complexity index is 449. The summed E-state index contributed by atoms with van der Waals surface area (Å²) in [6.45, 7) is 8.26. The summed E-state index contributed by atoms with van der Waals surface area (Å²) in [6.07, 6.45) is 0. The molecule has 1 aromatic carbocycles. The molecule has 0 fully saturated rings. The van der Waals surface area contributed by atoms with Gasteiger partial charge in [0, 0.05) is 19.8 Å². The van der Waals surface area contributed by atoms with E-state index in [1.165, 1.54) is 13.8 Å². The van der Waals surface area contributed by atoms with Gasteiger partial charge in [0.05, 0.1) is 5.92 Å². The first-order chi connectivity index (χ1) is 9.29. The molecule has 0 heterocycles. The van der Waals surface area contributed by atoms with Crippen LogP contribution in [0.1, 0.15) is 46.1 Å². The molecule has 0 bridgehead atoms. The van der Waals surface area contributed by atoms with Gasteiger partial charge in [0.2, 0.25) is 0 Å². The molecule has 1 aromatic rings. The van der Waals surface area contributed by atoms with Crippen LogP contribution >= 0.6 is 0 Å². The Morgan fingerprint density at radius 1 is 0.950 bits per heavy atom. The molecule has 110 valence electrons. The molecule has 0 amide bonds. The molecule has 1 unspecified atom stereocenters. The maximum Gasteiger partial charge on any atom is 0.305 e. The van der Waals surface area contributed by atoms with Crippen LogP contribution in [0.2, 0.25) is 0 Å². The highest BCUT2D eigenvalue weighted by molar-refractivity contribution is 5.69. The number of hydrogen-bond donors (Lipinski definition) is 0. The second-order valence-corrected chi connectivity index (χ2v) is 5.20. The number of carbonyl (C=O) groups excluding carboxylic acids is 2. The molecule has 4 nitrogen and oxygen atoms in total. The fraction of sp³-hybridized carbons (Fsp3) is 0.500. The zero-order valence-corrected chi connectivity index (χ0v) is 12.7. The fourth-order valence-corrected chi connectivity index (χ4v) is 2.36. The van der Waals surface area contributed by atoms with E-state index in [-0.39, 0.29) is 11.8 Å². The standard InChI is InChI=1S/C16H22O4/c1-11(2)16(19-13(4)17,20-14(5)18)12(3)15-9-7-6-8-10-15/h6-12H,1-5H3. The molecular formula is C16H22O4. The van der Waals surface area contributed by atoms with E-state index in [1.54, 1.807) is 0 Å². The van der Waals surface area contributed by atoms with Crippen LogP contribution in [-0.4, -0.2) is 17.7 Å². The van der Waals surface area contributed by atoms with Crippen LogP contribution in [0.4, 0.5) is 0 Å². The normalized spacial score (nSPS) is 12.9. The Morgan fingerprint density at radius 2 is 1.40 bits per heavy atom. The molecule has 1 rings (SSSR count). The van der Waals surface area contributed by atoms with Crippen molar-refractivity contribution in [1.82, 2.24) is 0 Å². The Labute approximate surface area is 120 Å². The van der Waals surface area contributed by atoms with Gasteiger partial charge in [0.25, 0.3) is 5.79 Å². The summed E-state index contributed by atoms with van der Waals surface area (Å²) in [5, 5.41) is 0. The first-order valence-electron chi connectivity index (χ1n) is 6.73. The van der Waals surface area contributed by atoms with E-state index in [9.17, 15) is 9.59 Å². The molecule has 0 radical (unpaired) electrons. The molecule has 4 heteroatoms. The summed E-state index contributed by atoms with van der Waals surface area (Å²) < 4.78 is 10.9. The minimum atomic E-state index is -1.29. The van der Waals surface area contributed by atoms with E-state index < -0.39 is 17.7 Å². The second kappa shape index (κ2) is 6.55. The Hall–Kier alpha value is -1.84. The van der Waals surface area contributed by atoms with Gasteiger partial charge in [-0.2, -0.15) is 0 Å². The molecule has 0 N–H and O–H groups in total. The lowest BCUT2D eigenvalue weighted by molar-refractivity contribution is -0.250. The third-order valence-electron chi connectivity index (χ3n) is 3.31. The lowest BCUT2D eigenvalue weighted by Crippen LogP contribution is -2.48. The predicted molar refractivity (Wildman–Crippen MR) is 76.0 cm³/mol. The van der Waals surface area contributed by atoms with E-state index in [0.717, 1.165) is 5.56 Å². The minimum Gasteiger partial charge on any atom is -0.422 e. The van der Waals surface area contributed by atoms with Gasteiger partial charge < -0.3 is 9.47 Å². The fourth-order valence-electron chi connectivity index (χ4n) is 2.36. The van der Waals surface area contributed by atoms with Crippen molar-refractivity contribution in [2.75, 3.05) is 0 Å². The van der Waals surface area contributed by atoms with E-state index >= 15 is 0 Å². The van der Waals surface area contributed by atoms with Gasteiger partial charge in [0.15, 0.2) is 0 Å². The van der Waals surface area contributed by atoms with Crippen molar-refractivity contribution in [2.24, 2.45) is 5.92 Å². The SMILES string of the molecule is CC(=O)OC(OC(C)=O)(C(C)C)C(C)c1ccccc1. The van der Waals surface area contributed by atoms with Crippen LogP contribution in [0.3, 0.4) is 0 Å². The van der Waals surface area contributed by atoms with Crippen molar-refractivity contribution in [1.29, 1.82) is 0 Å². The molecule has 0 aromatic heterocycles. The molecule has 20 heavy (non-hydrogen) atoms. The Morgan fingerprint density at radius 3 is 1.75 bits per heavy atom. The van der Waals surface area contributed by atoms with Gasteiger partial charge >= 0.3 is 11.9 Å². The summed E-state index contributed by atoms with van der Waals surface area (Å²) in [4.78, 5) is 22.9. The lowest BCUT2D eigenvalue weighted by atomic mass is 9.84. The number of hydrogen-bond acceptors (Lipinski definition) is 4. The van der Waals surface area contributed by atoms with Gasteiger partial charge in [-0.25, -0.2) is 0 Å². The Kier molecular flexibility index (Phi) is 5.31. The lowest BCUT2D eigenvalue weighted by Gasteiger charge is -2.40. The van der Waals surface area contributed by atoms with Gasteiger partial charge in [-0.3, -0.25) is 9.59 Å². The first-order valence-corrected chi connectivity index (χ1v) is 6.73. The van der Waals surface area contributed by atoms with Gasteiger partial charge in [0.1, 0.15) is 0 Å². The zero-order valence-electron chi connectivity index (χ0n) is 12.7. The molecule has 0 saturated carbocycles. The summed E-state index contributed by atoms with van der Waals surface area (Å²) in [5.74, 6) is -2.67. The molecular weight excluding hydrogens is 256 g/mol. The summed E-state index contributed by atoms with van der Waals surface area (Å²) >= 11 is 0. The van der Waals surface area contributed by atoms with Gasteiger partial charge in [-0.05, 0) is 5.56 Å². The molecule has 0 aliphatic rings. The van der Waals surface area contributed by atoms with E-state index in [1.807, 2.05) is 51.1 Å². The van der Waals surface area contributed by atoms with Gasteiger partial charge in [-0.1, -0.05) is 51.1 Å². The van der Waals surface area contributed by atoms with Crippen molar-refractivity contribution >= 4 is 11.9 Å². The summed E-state index contributed by atoms with van der Waals surface area (Å²) in [6, 6.07) is 9.56. The summed E-state index contributed by atoms with van der Waals surface area (Å²) in [5.41, 5.74) is 0.948. The van der Waals surface area contributed by atoms with Crippen LogP contribution < -0.4 is 0 Å². The highest BCUT2D eigenvalue weighted by Crippen LogP contribution is 2.38. The monoisotopic (exact) mass is 278 g/mol. The first kappa shape index (κ1) is 16.2. The smallest absolute Gasteiger partial charge is 0.305 e. The zero-order chi connectivity index (χ0) is 15.3. The number of benzene rings is 1. The number of esters is 2. The van der Waals surface area contributed by atoms with Crippen molar-refractivity contribution in [2.45, 2.75) is 46.3 Å². The predicted octanol–water partition coefficient (Wildman–Crippen LogP) is 3.27. The quantitative estimate of drug-likeness (QED) is 0.612. The maximum atomic E-state index is 11.5. The molecule has 0 saturated heterocycles. The van der Waals surface area contributed by atoms with Crippen LogP contribution in [0.5, 0.6) is 0 Å². The largest absolute Gasteiger partial charge is 0.422 e. The van der Waals surface area contributed by atoms with E-state index in [4.69, 9.17) is 9.47 Å². The Balaban J connectivity index is 3.26. The van der Waals surface area contributed by atoms with Crippen molar-refractivity contribution in [3.63, 3.8) is 0 Å². The maximum absolute atomic E-state index is 11.5. The summed E-state index contributed by atoms with van der Waals surface area (Å²) in [7, 11) is 0. The second-order valence-electron chi connectivity index (χ2n) is 5.20. The number of rotatable bonds is 5. The average Bonchev–Trinajstić information content (AvgIpc) is 2.36. The van der Waals surface area contributed by atoms with Crippen LogP contribution in [0, 0.1) is 5.92 Å². The molecule has 0 aliphatic carbocycles. The molecule has 0 aliphatic heterocycles. The van der Waals surface area contributed by atoms with E-state index in [0.29, 0.717) is 0 Å². The molecule has 1 atom stereocenters. The van der Waals surface area contributed by atoms with Gasteiger partial charge in [-0.15, -0.1) is 0 Å². The number of carbonyl (C=O) groups is 2. The van der Waals surface area contributed by atoms with Crippen molar-refractivity contribution in [3.05, 3.63) is 35.9 Å². The third-order valence-corrected chi connectivity index (χ3v) is 3.31. The van der Waals surface area contributed by atoms with Crippen molar-refractivity contribution in [3.8, 4) is 0 Å². The highest BCUT2D eigenvalue weighted by atomic mass is 16.7. The van der Waals surface area contributed by atoms with E-state index in [2.05, 4.69) is 0 Å². The topological polar surface area (TPSA) is 52.6 Å². The average molecular weight is 278 g/mol. The van der Waals surface area contributed by atoms with Crippen molar-refractivity contribution < 1.29 is 19.1 Å². The minimum absolute atomic E-state index is 0.175. The molecule has 0 spiro atoms. The van der Waals surface area contributed by atoms with Crippen LogP contribution in [0.15, 0.2) is 30.3 Å². The third kappa shape index (κ3) is 3.59. The van der Waals surface area contributed by atoms with Crippen LogP contribution in [-0.2, 0) is 19.1 Å². The highest BCUT2D eigenvalue weighted by Gasteiger charge is 2.46. The van der Waals surface area contributed by atoms with Crippen LogP contribution in [0.25, 0.3) is 0 Å². The number of ether oxygens (including phenoxy) is 2.